The van der Waals surface area contributed by atoms with Crippen LogP contribution in [-0.2, 0) is 0 Å². The lowest BCUT2D eigenvalue weighted by atomic mass is 10.2. The van der Waals surface area contributed by atoms with E-state index in [1.807, 2.05) is 41.3 Å². The van der Waals surface area contributed by atoms with Crippen LogP contribution in [0.15, 0.2) is 36.4 Å². The molecule has 22 heavy (non-hydrogen) atoms. The number of amides is 1. The van der Waals surface area contributed by atoms with Gasteiger partial charge in [0.05, 0.1) is 7.11 Å². The molecular formula is C17H20N2O2S. The fourth-order valence-electron chi connectivity index (χ4n) is 2.68. The van der Waals surface area contributed by atoms with E-state index in [9.17, 15) is 4.79 Å². The monoisotopic (exact) mass is 316 g/mol. The molecule has 1 fully saturated rings. The molecule has 4 nitrogen and oxygen atoms in total. The summed E-state index contributed by atoms with van der Waals surface area (Å²) in [5, 5.41) is 3.36. The molecule has 1 amide bonds. The highest BCUT2D eigenvalue weighted by molar-refractivity contribution is 7.17. The Morgan fingerprint density at radius 1 is 1.36 bits per heavy atom. The van der Waals surface area contributed by atoms with E-state index >= 15 is 0 Å². The van der Waals surface area contributed by atoms with Crippen LogP contribution in [0.4, 0.5) is 0 Å². The number of carbonyl (C=O) groups excluding carboxylic acids is 1. The zero-order valence-corrected chi connectivity index (χ0v) is 13.7. The standard InChI is InChI=1S/C17H20N2O2S/c1-12-11-19(9-8-18-12)17(20)16-14(21-2)10-15(22-16)13-6-4-3-5-7-13/h3-7,10,12,18H,8-9,11H2,1-2H3. The van der Waals surface area contributed by atoms with E-state index in [0.717, 1.165) is 30.1 Å². The lowest BCUT2D eigenvalue weighted by Gasteiger charge is -2.31. The van der Waals surface area contributed by atoms with E-state index in [-0.39, 0.29) is 5.91 Å². The van der Waals surface area contributed by atoms with Crippen molar-refractivity contribution in [3.63, 3.8) is 0 Å². The van der Waals surface area contributed by atoms with Gasteiger partial charge in [-0.3, -0.25) is 4.79 Å². The first kappa shape index (κ1) is 15.1. The van der Waals surface area contributed by atoms with Crippen molar-refractivity contribution in [3.8, 4) is 16.2 Å². The van der Waals surface area contributed by atoms with Gasteiger partial charge >= 0.3 is 0 Å². The van der Waals surface area contributed by atoms with Gasteiger partial charge in [0.15, 0.2) is 0 Å². The molecule has 0 aliphatic carbocycles. The molecule has 1 aliphatic rings. The molecule has 1 aromatic carbocycles. The third kappa shape index (κ3) is 3.00. The van der Waals surface area contributed by atoms with Crippen LogP contribution in [0.1, 0.15) is 16.6 Å². The number of thiophene rings is 1. The first-order valence-electron chi connectivity index (χ1n) is 7.45. The molecule has 1 aliphatic heterocycles. The Kier molecular flexibility index (Phi) is 4.45. The molecule has 3 rings (SSSR count). The third-order valence-corrected chi connectivity index (χ3v) is 4.98. The number of piperazine rings is 1. The van der Waals surface area contributed by atoms with E-state index in [4.69, 9.17) is 4.74 Å². The summed E-state index contributed by atoms with van der Waals surface area (Å²) >= 11 is 1.50. The molecule has 0 spiro atoms. The Hall–Kier alpha value is -1.85. The predicted octanol–water partition coefficient (Wildman–Crippen LogP) is 2.86. The molecule has 1 atom stereocenters. The number of rotatable bonds is 3. The second kappa shape index (κ2) is 6.50. The summed E-state index contributed by atoms with van der Waals surface area (Å²) in [6.45, 7) is 4.41. The van der Waals surface area contributed by atoms with Gasteiger partial charge in [0.2, 0.25) is 0 Å². The zero-order valence-electron chi connectivity index (χ0n) is 12.8. The van der Waals surface area contributed by atoms with Gasteiger partial charge in [-0.25, -0.2) is 0 Å². The second-order valence-electron chi connectivity index (χ2n) is 5.48. The lowest BCUT2D eigenvalue weighted by molar-refractivity contribution is 0.0711. The minimum atomic E-state index is 0.0670. The summed E-state index contributed by atoms with van der Waals surface area (Å²) < 4.78 is 5.43. The van der Waals surface area contributed by atoms with E-state index in [1.54, 1.807) is 7.11 Å². The highest BCUT2D eigenvalue weighted by atomic mass is 32.1. The summed E-state index contributed by atoms with van der Waals surface area (Å²) in [6, 6.07) is 12.4. The van der Waals surface area contributed by atoms with Gasteiger partial charge in [0, 0.05) is 30.6 Å². The van der Waals surface area contributed by atoms with Crippen LogP contribution in [0.2, 0.25) is 0 Å². The van der Waals surface area contributed by atoms with Gasteiger partial charge in [-0.1, -0.05) is 30.3 Å². The average molecular weight is 316 g/mol. The minimum absolute atomic E-state index is 0.0670. The number of benzene rings is 1. The lowest BCUT2D eigenvalue weighted by Crippen LogP contribution is -2.51. The van der Waals surface area contributed by atoms with Crippen LogP contribution in [0.25, 0.3) is 10.4 Å². The van der Waals surface area contributed by atoms with Crippen molar-refractivity contribution < 1.29 is 9.53 Å². The van der Waals surface area contributed by atoms with Gasteiger partial charge < -0.3 is 15.0 Å². The fraction of sp³-hybridized carbons (Fsp3) is 0.353. The van der Waals surface area contributed by atoms with Crippen LogP contribution in [0, 0.1) is 0 Å². The maximum atomic E-state index is 12.8. The summed E-state index contributed by atoms with van der Waals surface area (Å²) in [5.41, 5.74) is 1.11. The SMILES string of the molecule is COc1cc(-c2ccccc2)sc1C(=O)N1CCNC(C)C1. The molecule has 1 saturated heterocycles. The Morgan fingerprint density at radius 2 is 2.14 bits per heavy atom. The Bertz CT molecular complexity index is 654. The van der Waals surface area contributed by atoms with Crippen LogP contribution in [0.3, 0.4) is 0 Å². The molecule has 116 valence electrons. The van der Waals surface area contributed by atoms with Crippen molar-refractivity contribution >= 4 is 17.2 Å². The Morgan fingerprint density at radius 3 is 2.82 bits per heavy atom. The number of hydrogen-bond acceptors (Lipinski definition) is 4. The van der Waals surface area contributed by atoms with E-state index in [0.29, 0.717) is 16.7 Å². The number of ether oxygens (including phenoxy) is 1. The van der Waals surface area contributed by atoms with Crippen molar-refractivity contribution in [2.75, 3.05) is 26.7 Å². The van der Waals surface area contributed by atoms with Gasteiger partial charge in [-0.05, 0) is 18.6 Å². The Balaban J connectivity index is 1.90. The highest BCUT2D eigenvalue weighted by Gasteiger charge is 2.26. The molecular weight excluding hydrogens is 296 g/mol. The number of hydrogen-bond donors (Lipinski definition) is 1. The second-order valence-corrected chi connectivity index (χ2v) is 6.53. The van der Waals surface area contributed by atoms with Gasteiger partial charge in [-0.15, -0.1) is 11.3 Å². The molecule has 1 aromatic heterocycles. The molecule has 0 saturated carbocycles. The zero-order chi connectivity index (χ0) is 15.5. The quantitative estimate of drug-likeness (QED) is 0.947. The largest absolute Gasteiger partial charge is 0.495 e. The minimum Gasteiger partial charge on any atom is -0.495 e. The maximum Gasteiger partial charge on any atom is 0.267 e. The maximum absolute atomic E-state index is 12.8. The average Bonchev–Trinajstić information content (AvgIpc) is 2.99. The summed E-state index contributed by atoms with van der Waals surface area (Å²) in [4.78, 5) is 16.5. The Labute approximate surface area is 134 Å². The third-order valence-electron chi connectivity index (χ3n) is 3.83. The normalized spacial score (nSPS) is 18.3. The van der Waals surface area contributed by atoms with E-state index < -0.39 is 0 Å². The van der Waals surface area contributed by atoms with Crippen molar-refractivity contribution in [1.82, 2.24) is 10.2 Å². The van der Waals surface area contributed by atoms with Crippen LogP contribution < -0.4 is 10.1 Å². The van der Waals surface area contributed by atoms with E-state index in [2.05, 4.69) is 12.2 Å². The van der Waals surface area contributed by atoms with Crippen molar-refractivity contribution in [2.45, 2.75) is 13.0 Å². The number of nitrogens with one attached hydrogen (secondary N) is 1. The fourth-order valence-corrected chi connectivity index (χ4v) is 3.78. The number of carbonyl (C=O) groups is 1. The van der Waals surface area contributed by atoms with Gasteiger partial charge in [0.1, 0.15) is 10.6 Å². The topological polar surface area (TPSA) is 41.6 Å². The summed E-state index contributed by atoms with van der Waals surface area (Å²) in [5.74, 6) is 0.734. The summed E-state index contributed by atoms with van der Waals surface area (Å²) in [7, 11) is 1.62. The first-order chi connectivity index (χ1) is 10.7. The van der Waals surface area contributed by atoms with E-state index in [1.165, 1.54) is 11.3 Å². The predicted molar refractivity (Wildman–Crippen MR) is 89.7 cm³/mol. The smallest absolute Gasteiger partial charge is 0.267 e. The molecule has 1 N–H and O–H groups in total. The molecule has 1 unspecified atom stereocenters. The van der Waals surface area contributed by atoms with Gasteiger partial charge in [0.25, 0.3) is 5.91 Å². The van der Waals surface area contributed by atoms with Crippen molar-refractivity contribution in [3.05, 3.63) is 41.3 Å². The highest BCUT2D eigenvalue weighted by Crippen LogP contribution is 2.37. The molecule has 2 aromatic rings. The van der Waals surface area contributed by atoms with Crippen LogP contribution in [-0.4, -0.2) is 43.6 Å². The van der Waals surface area contributed by atoms with Crippen LogP contribution >= 0.6 is 11.3 Å². The molecule has 2 heterocycles. The molecule has 0 bridgehead atoms. The van der Waals surface area contributed by atoms with Gasteiger partial charge in [-0.2, -0.15) is 0 Å². The molecule has 0 radical (unpaired) electrons. The summed E-state index contributed by atoms with van der Waals surface area (Å²) in [6.07, 6.45) is 0. The van der Waals surface area contributed by atoms with Crippen molar-refractivity contribution in [2.24, 2.45) is 0 Å². The number of nitrogens with zero attached hydrogens (tertiary/aromatic N) is 1. The molecule has 5 heteroatoms. The van der Waals surface area contributed by atoms with Crippen molar-refractivity contribution in [1.29, 1.82) is 0 Å². The number of methoxy groups -OCH3 is 1. The first-order valence-corrected chi connectivity index (χ1v) is 8.26. The van der Waals surface area contributed by atoms with Crippen LogP contribution in [0.5, 0.6) is 5.75 Å².